The molecule has 1 aliphatic rings. The lowest BCUT2D eigenvalue weighted by Crippen LogP contribution is -2.41. The summed E-state index contributed by atoms with van der Waals surface area (Å²) < 4.78 is 0. The van der Waals surface area contributed by atoms with Gasteiger partial charge in [-0.05, 0) is 87.9 Å². The van der Waals surface area contributed by atoms with Crippen molar-refractivity contribution in [1.82, 2.24) is 9.88 Å². The number of likely N-dealkylation sites (tertiary alicyclic amines) is 1. The molecule has 0 unspecified atom stereocenters. The molecular weight excluding hydrogens is 368 g/mol. The zero-order valence-electron chi connectivity index (χ0n) is 19.1. The molecule has 0 atom stereocenters. The van der Waals surface area contributed by atoms with Crippen LogP contribution in [0, 0.1) is 13.8 Å². The molecule has 4 rings (SSSR count). The molecule has 1 N–H and O–H groups in total. The number of hydrogen-bond donors (Lipinski definition) is 1. The normalized spacial score (nSPS) is 14.6. The Labute approximate surface area is 180 Å². The molecule has 1 saturated heterocycles. The number of aryl methyl sites for hydroxylation is 3. The maximum atomic E-state index is 13.2. The van der Waals surface area contributed by atoms with E-state index < -0.39 is 5.41 Å². The van der Waals surface area contributed by atoms with Crippen LogP contribution in [-0.4, -0.2) is 28.9 Å². The third kappa shape index (κ3) is 3.66. The Morgan fingerprint density at radius 2 is 1.70 bits per heavy atom. The lowest BCUT2D eigenvalue weighted by molar-refractivity contribution is -0.135. The minimum absolute atomic E-state index is 0.251. The number of aromatic amines is 1. The van der Waals surface area contributed by atoms with Gasteiger partial charge in [-0.15, -0.1) is 0 Å². The number of nitrogens with zero attached hydrogens (tertiary/aromatic N) is 1. The number of hydrogen-bond acceptors (Lipinski definition) is 1. The zero-order chi connectivity index (χ0) is 21.5. The molecule has 0 saturated carbocycles. The average Bonchev–Trinajstić information content (AvgIpc) is 3.35. The van der Waals surface area contributed by atoms with Gasteiger partial charge in [0.25, 0.3) is 0 Å². The summed E-state index contributed by atoms with van der Waals surface area (Å²) >= 11 is 0. The van der Waals surface area contributed by atoms with E-state index >= 15 is 0 Å². The van der Waals surface area contributed by atoms with E-state index in [2.05, 4.69) is 76.0 Å². The fourth-order valence-electron chi connectivity index (χ4n) is 4.95. The predicted octanol–water partition coefficient (Wildman–Crippen LogP) is 6.30. The summed E-state index contributed by atoms with van der Waals surface area (Å²) in [5.41, 5.74) is 8.15. The van der Waals surface area contributed by atoms with Crippen LogP contribution in [0.3, 0.4) is 0 Å². The summed E-state index contributed by atoms with van der Waals surface area (Å²) in [6.07, 6.45) is 4.36. The van der Waals surface area contributed by atoms with Crippen LogP contribution in [0.4, 0.5) is 0 Å². The highest BCUT2D eigenvalue weighted by Gasteiger charge is 2.35. The third-order valence-corrected chi connectivity index (χ3v) is 6.57. The molecule has 158 valence electrons. The smallest absolute Gasteiger partial charge is 0.232 e. The van der Waals surface area contributed by atoms with E-state index in [0.717, 1.165) is 49.9 Å². The van der Waals surface area contributed by atoms with Crippen LogP contribution in [0.2, 0.25) is 0 Å². The maximum Gasteiger partial charge on any atom is 0.232 e. The summed E-state index contributed by atoms with van der Waals surface area (Å²) in [6.45, 7) is 12.5. The van der Waals surface area contributed by atoms with Gasteiger partial charge in [-0.3, -0.25) is 4.79 Å². The standard InChI is InChI=1S/C27H34N2O/c1-6-9-22-23-17-21(27(4,5)26(30)29-12-7-8-13-29)10-11-24(23)28-25(22)20-15-18(2)14-19(3)16-20/h10-11,14-17,28H,6-9,12-13H2,1-5H3. The first-order valence-corrected chi connectivity index (χ1v) is 11.3. The number of fused-ring (bicyclic) bond motifs is 1. The molecule has 3 heteroatoms. The Hall–Kier alpha value is -2.55. The van der Waals surface area contributed by atoms with Gasteiger partial charge in [0.05, 0.1) is 5.41 Å². The van der Waals surface area contributed by atoms with Gasteiger partial charge in [0.15, 0.2) is 0 Å². The van der Waals surface area contributed by atoms with Crippen molar-refractivity contribution < 1.29 is 4.79 Å². The molecular formula is C27H34N2O. The first-order valence-electron chi connectivity index (χ1n) is 11.3. The fraction of sp³-hybridized carbons (Fsp3) is 0.444. The molecule has 1 aromatic heterocycles. The number of carbonyl (C=O) groups is 1. The Bertz CT molecular complexity index is 1060. The summed E-state index contributed by atoms with van der Waals surface area (Å²) in [5, 5.41) is 1.26. The van der Waals surface area contributed by atoms with E-state index in [-0.39, 0.29) is 5.91 Å². The number of H-pyrrole nitrogens is 1. The van der Waals surface area contributed by atoms with Crippen molar-refractivity contribution in [1.29, 1.82) is 0 Å². The van der Waals surface area contributed by atoms with Crippen molar-refractivity contribution in [3.8, 4) is 11.3 Å². The maximum absolute atomic E-state index is 13.2. The first-order chi connectivity index (χ1) is 14.3. The summed E-state index contributed by atoms with van der Waals surface area (Å²) in [7, 11) is 0. The van der Waals surface area contributed by atoms with Gasteiger partial charge in [0.1, 0.15) is 0 Å². The minimum atomic E-state index is -0.515. The summed E-state index contributed by atoms with van der Waals surface area (Å²) in [6, 6.07) is 13.3. The minimum Gasteiger partial charge on any atom is -0.354 e. The van der Waals surface area contributed by atoms with E-state index in [1.165, 1.54) is 33.3 Å². The third-order valence-electron chi connectivity index (χ3n) is 6.57. The van der Waals surface area contributed by atoms with Crippen LogP contribution in [0.1, 0.15) is 62.3 Å². The molecule has 0 aliphatic carbocycles. The van der Waals surface area contributed by atoms with Gasteiger partial charge < -0.3 is 9.88 Å². The highest BCUT2D eigenvalue weighted by atomic mass is 16.2. The fourth-order valence-corrected chi connectivity index (χ4v) is 4.95. The van der Waals surface area contributed by atoms with Crippen LogP contribution in [-0.2, 0) is 16.6 Å². The molecule has 1 aliphatic heterocycles. The SMILES string of the molecule is CCCc1c(-c2cc(C)cc(C)c2)[nH]c2ccc(C(C)(C)C(=O)N3CCCC3)cc12. The second-order valence-electron chi connectivity index (χ2n) is 9.49. The molecule has 1 fully saturated rings. The van der Waals surface area contributed by atoms with Gasteiger partial charge in [0, 0.05) is 29.7 Å². The van der Waals surface area contributed by atoms with Gasteiger partial charge in [-0.25, -0.2) is 0 Å². The van der Waals surface area contributed by atoms with Crippen LogP contribution in [0.15, 0.2) is 36.4 Å². The highest BCUT2D eigenvalue weighted by molar-refractivity contribution is 5.94. The molecule has 1 amide bonds. The molecule has 0 radical (unpaired) electrons. The average molecular weight is 403 g/mol. The molecule has 2 heterocycles. The number of carbonyl (C=O) groups excluding carboxylic acids is 1. The van der Waals surface area contributed by atoms with Crippen molar-refractivity contribution >= 4 is 16.8 Å². The van der Waals surface area contributed by atoms with Crippen LogP contribution in [0.5, 0.6) is 0 Å². The second kappa shape index (κ2) is 7.94. The second-order valence-corrected chi connectivity index (χ2v) is 9.49. The molecule has 2 aromatic carbocycles. The van der Waals surface area contributed by atoms with Crippen molar-refractivity contribution in [2.75, 3.05) is 13.1 Å². The van der Waals surface area contributed by atoms with Gasteiger partial charge in [-0.2, -0.15) is 0 Å². The van der Waals surface area contributed by atoms with Crippen LogP contribution < -0.4 is 0 Å². The number of rotatable bonds is 5. The number of aromatic nitrogens is 1. The van der Waals surface area contributed by atoms with Crippen molar-refractivity contribution in [2.45, 2.75) is 65.7 Å². The Balaban J connectivity index is 1.82. The summed E-state index contributed by atoms with van der Waals surface area (Å²) in [5.74, 6) is 0.251. The van der Waals surface area contributed by atoms with Crippen LogP contribution in [0.25, 0.3) is 22.2 Å². The largest absolute Gasteiger partial charge is 0.354 e. The van der Waals surface area contributed by atoms with Gasteiger partial charge in [-0.1, -0.05) is 36.6 Å². The lowest BCUT2D eigenvalue weighted by atomic mass is 9.82. The molecule has 0 spiro atoms. The number of nitrogens with one attached hydrogen (secondary N) is 1. The molecule has 3 aromatic rings. The summed E-state index contributed by atoms with van der Waals surface area (Å²) in [4.78, 5) is 19.0. The first kappa shape index (κ1) is 20.7. The molecule has 30 heavy (non-hydrogen) atoms. The van der Waals surface area contributed by atoms with E-state index in [9.17, 15) is 4.79 Å². The predicted molar refractivity (Wildman–Crippen MR) is 126 cm³/mol. The number of benzene rings is 2. The van der Waals surface area contributed by atoms with E-state index in [1.54, 1.807) is 0 Å². The quantitative estimate of drug-likeness (QED) is 0.534. The van der Waals surface area contributed by atoms with Crippen molar-refractivity contribution in [3.05, 3.63) is 58.7 Å². The van der Waals surface area contributed by atoms with E-state index in [4.69, 9.17) is 0 Å². The van der Waals surface area contributed by atoms with Crippen molar-refractivity contribution in [2.24, 2.45) is 0 Å². The van der Waals surface area contributed by atoms with Crippen LogP contribution >= 0.6 is 0 Å². The molecule has 0 bridgehead atoms. The molecule has 3 nitrogen and oxygen atoms in total. The van der Waals surface area contributed by atoms with Gasteiger partial charge in [0.2, 0.25) is 5.91 Å². The zero-order valence-corrected chi connectivity index (χ0v) is 19.1. The Morgan fingerprint density at radius 3 is 2.33 bits per heavy atom. The Kier molecular flexibility index (Phi) is 5.48. The lowest BCUT2D eigenvalue weighted by Gasteiger charge is -2.29. The number of amides is 1. The van der Waals surface area contributed by atoms with E-state index in [1.807, 2.05) is 4.90 Å². The van der Waals surface area contributed by atoms with E-state index in [0.29, 0.717) is 0 Å². The van der Waals surface area contributed by atoms with Crippen molar-refractivity contribution in [3.63, 3.8) is 0 Å². The monoisotopic (exact) mass is 402 g/mol. The Morgan fingerprint density at radius 1 is 1.03 bits per heavy atom. The highest BCUT2D eigenvalue weighted by Crippen LogP contribution is 2.36. The van der Waals surface area contributed by atoms with Gasteiger partial charge >= 0.3 is 0 Å². The topological polar surface area (TPSA) is 36.1 Å².